The number of carbonyl (C=O) groups is 1. The lowest BCUT2D eigenvalue weighted by molar-refractivity contribution is 0.0302. The molecule has 2 amide bonds. The van der Waals surface area contributed by atoms with Crippen molar-refractivity contribution >= 4 is 17.5 Å². The Bertz CT molecular complexity index is 821. The summed E-state index contributed by atoms with van der Waals surface area (Å²) in [5.74, 6) is 1.46. The van der Waals surface area contributed by atoms with Gasteiger partial charge in [-0.05, 0) is 43.2 Å². The summed E-state index contributed by atoms with van der Waals surface area (Å²) in [6.45, 7) is 0.987. The van der Waals surface area contributed by atoms with Crippen molar-refractivity contribution in [3.8, 4) is 11.4 Å². The van der Waals surface area contributed by atoms with E-state index >= 15 is 0 Å². The molecule has 2 fully saturated rings. The minimum Gasteiger partial charge on any atom is -0.371 e. The number of alkyl halides is 2. The van der Waals surface area contributed by atoms with Crippen LogP contribution in [0, 0.1) is 0 Å². The van der Waals surface area contributed by atoms with Gasteiger partial charge in [0.1, 0.15) is 5.82 Å². The van der Waals surface area contributed by atoms with Gasteiger partial charge >= 0.3 is 6.03 Å². The number of hydrogen-bond acceptors (Lipinski definition) is 5. The SMILES string of the molecule is O=C(NCC(F)F)Nc1ccc(-c2nccc(N3CC4CCC(C3)O4)n2)cc1. The minimum atomic E-state index is -2.58. The van der Waals surface area contributed by atoms with Gasteiger partial charge in [0.05, 0.1) is 18.8 Å². The van der Waals surface area contributed by atoms with Crippen LogP contribution in [0.25, 0.3) is 11.4 Å². The topological polar surface area (TPSA) is 79.4 Å². The van der Waals surface area contributed by atoms with E-state index in [0.29, 0.717) is 11.5 Å². The van der Waals surface area contributed by atoms with Crippen molar-refractivity contribution in [1.29, 1.82) is 0 Å². The summed E-state index contributed by atoms with van der Waals surface area (Å²) in [7, 11) is 0. The minimum absolute atomic E-state index is 0.277. The molecule has 148 valence electrons. The number of nitrogens with zero attached hydrogens (tertiary/aromatic N) is 3. The zero-order valence-corrected chi connectivity index (χ0v) is 15.1. The van der Waals surface area contributed by atoms with Gasteiger partial charge in [0.25, 0.3) is 6.43 Å². The summed E-state index contributed by atoms with van der Waals surface area (Å²) in [5.41, 5.74) is 1.30. The van der Waals surface area contributed by atoms with Crippen molar-refractivity contribution in [2.45, 2.75) is 31.5 Å². The fraction of sp³-hybridized carbons (Fsp3) is 0.421. The molecule has 28 heavy (non-hydrogen) atoms. The van der Waals surface area contributed by atoms with Gasteiger partial charge in [-0.3, -0.25) is 0 Å². The number of aromatic nitrogens is 2. The van der Waals surface area contributed by atoms with Gasteiger partial charge in [-0.25, -0.2) is 23.5 Å². The average Bonchev–Trinajstić information content (AvgIpc) is 3.04. The summed E-state index contributed by atoms with van der Waals surface area (Å²) in [6, 6.07) is 8.16. The second-order valence-corrected chi connectivity index (χ2v) is 6.90. The number of carbonyl (C=O) groups excluding carboxylic acids is 1. The van der Waals surface area contributed by atoms with E-state index in [4.69, 9.17) is 4.74 Å². The number of urea groups is 1. The lowest BCUT2D eigenvalue weighted by Gasteiger charge is -2.33. The van der Waals surface area contributed by atoms with E-state index in [9.17, 15) is 13.6 Å². The molecule has 0 radical (unpaired) electrons. The molecule has 9 heteroatoms. The van der Waals surface area contributed by atoms with E-state index in [-0.39, 0.29) is 12.2 Å². The highest BCUT2D eigenvalue weighted by molar-refractivity contribution is 5.89. The molecule has 4 rings (SSSR count). The van der Waals surface area contributed by atoms with E-state index in [1.54, 1.807) is 30.5 Å². The molecule has 0 aliphatic carbocycles. The van der Waals surface area contributed by atoms with Crippen molar-refractivity contribution in [3.05, 3.63) is 36.5 Å². The Morgan fingerprint density at radius 3 is 2.57 bits per heavy atom. The van der Waals surface area contributed by atoms with Crippen molar-refractivity contribution in [2.24, 2.45) is 0 Å². The quantitative estimate of drug-likeness (QED) is 0.822. The molecule has 2 saturated heterocycles. The van der Waals surface area contributed by atoms with Gasteiger partial charge in [-0.2, -0.15) is 0 Å². The number of amides is 2. The number of ether oxygens (including phenoxy) is 1. The van der Waals surface area contributed by atoms with Crippen molar-refractivity contribution in [1.82, 2.24) is 15.3 Å². The third-order valence-electron chi connectivity index (χ3n) is 4.83. The summed E-state index contributed by atoms with van der Waals surface area (Å²) >= 11 is 0. The number of benzene rings is 1. The third-order valence-corrected chi connectivity index (χ3v) is 4.83. The lowest BCUT2D eigenvalue weighted by atomic mass is 10.2. The van der Waals surface area contributed by atoms with Crippen LogP contribution in [0.1, 0.15) is 12.8 Å². The third kappa shape index (κ3) is 4.36. The maximum absolute atomic E-state index is 12.1. The van der Waals surface area contributed by atoms with Crippen LogP contribution in [0.4, 0.5) is 25.1 Å². The fourth-order valence-electron chi connectivity index (χ4n) is 3.51. The number of nitrogens with one attached hydrogen (secondary N) is 2. The number of halogens is 2. The summed E-state index contributed by atoms with van der Waals surface area (Å²) in [5, 5.41) is 4.60. The number of fused-ring (bicyclic) bond motifs is 2. The van der Waals surface area contributed by atoms with Crippen LogP contribution in [-0.4, -0.2) is 54.3 Å². The Morgan fingerprint density at radius 2 is 1.89 bits per heavy atom. The number of anilines is 2. The summed E-state index contributed by atoms with van der Waals surface area (Å²) < 4.78 is 30.1. The Labute approximate surface area is 161 Å². The zero-order valence-electron chi connectivity index (χ0n) is 15.1. The number of rotatable bonds is 5. The molecule has 2 unspecified atom stereocenters. The first-order valence-electron chi connectivity index (χ1n) is 9.24. The van der Waals surface area contributed by atoms with Crippen LogP contribution < -0.4 is 15.5 Å². The molecule has 2 bridgehead atoms. The second-order valence-electron chi connectivity index (χ2n) is 6.90. The summed E-state index contributed by atoms with van der Waals surface area (Å²) in [6.07, 6.45) is 1.90. The van der Waals surface area contributed by atoms with Crippen LogP contribution in [-0.2, 0) is 4.74 Å². The van der Waals surface area contributed by atoms with Gasteiger partial charge in [-0.1, -0.05) is 0 Å². The second kappa shape index (κ2) is 8.05. The van der Waals surface area contributed by atoms with E-state index in [1.807, 2.05) is 6.07 Å². The fourth-order valence-corrected chi connectivity index (χ4v) is 3.51. The smallest absolute Gasteiger partial charge is 0.319 e. The van der Waals surface area contributed by atoms with Gasteiger partial charge in [0, 0.05) is 30.5 Å². The molecule has 2 aromatic rings. The van der Waals surface area contributed by atoms with Crippen molar-refractivity contribution in [3.63, 3.8) is 0 Å². The molecule has 7 nitrogen and oxygen atoms in total. The molecule has 2 aliphatic rings. The highest BCUT2D eigenvalue weighted by Crippen LogP contribution is 2.29. The molecule has 1 aromatic carbocycles. The number of hydrogen-bond donors (Lipinski definition) is 2. The van der Waals surface area contributed by atoms with Gasteiger partial charge < -0.3 is 20.3 Å². The maximum Gasteiger partial charge on any atom is 0.319 e. The van der Waals surface area contributed by atoms with Gasteiger partial charge in [0.15, 0.2) is 5.82 Å². The van der Waals surface area contributed by atoms with Crippen LogP contribution in [0.15, 0.2) is 36.5 Å². The van der Waals surface area contributed by atoms with E-state index in [1.165, 1.54) is 0 Å². The molecule has 0 spiro atoms. The normalized spacial score (nSPS) is 21.0. The predicted octanol–water partition coefficient (Wildman–Crippen LogP) is 2.90. The van der Waals surface area contributed by atoms with Crippen molar-refractivity contribution < 1.29 is 18.3 Å². The molecule has 3 heterocycles. The first-order chi connectivity index (χ1) is 13.6. The monoisotopic (exact) mass is 389 g/mol. The standard InChI is InChI=1S/C19H21F2N5O2/c20-16(21)9-23-19(27)24-13-3-1-12(2-4-13)18-22-8-7-17(25-18)26-10-14-5-6-15(11-26)28-14/h1-4,7-8,14-16H,5-6,9-11H2,(H2,23,24,27). The Hall–Kier alpha value is -2.81. The van der Waals surface area contributed by atoms with Crippen LogP contribution in [0.3, 0.4) is 0 Å². The highest BCUT2D eigenvalue weighted by Gasteiger charge is 2.34. The predicted molar refractivity (Wildman–Crippen MR) is 101 cm³/mol. The molecule has 2 atom stereocenters. The van der Waals surface area contributed by atoms with E-state index in [0.717, 1.165) is 37.3 Å². The molecule has 2 aliphatic heterocycles. The van der Waals surface area contributed by atoms with Gasteiger partial charge in [0.2, 0.25) is 0 Å². The molecule has 1 aromatic heterocycles. The average molecular weight is 389 g/mol. The number of morpholine rings is 1. The summed E-state index contributed by atoms with van der Waals surface area (Å²) in [4.78, 5) is 22.8. The van der Waals surface area contributed by atoms with E-state index < -0.39 is 19.0 Å². The first-order valence-corrected chi connectivity index (χ1v) is 9.24. The van der Waals surface area contributed by atoms with Crippen molar-refractivity contribution in [2.75, 3.05) is 29.9 Å². The van der Waals surface area contributed by atoms with Gasteiger partial charge in [-0.15, -0.1) is 0 Å². The Balaban J connectivity index is 1.42. The van der Waals surface area contributed by atoms with Crippen LogP contribution in [0.2, 0.25) is 0 Å². The maximum atomic E-state index is 12.1. The highest BCUT2D eigenvalue weighted by atomic mass is 19.3. The van der Waals surface area contributed by atoms with Crippen LogP contribution in [0.5, 0.6) is 0 Å². The Kier molecular flexibility index (Phi) is 5.34. The van der Waals surface area contributed by atoms with Crippen LogP contribution >= 0.6 is 0 Å². The first kappa shape index (κ1) is 18.5. The molecular formula is C19H21F2N5O2. The molecule has 2 N–H and O–H groups in total. The molecule has 0 saturated carbocycles. The zero-order chi connectivity index (χ0) is 19.5. The largest absolute Gasteiger partial charge is 0.371 e. The lowest BCUT2D eigenvalue weighted by Crippen LogP contribution is -2.43. The molecular weight excluding hydrogens is 368 g/mol. The Morgan fingerprint density at radius 1 is 1.18 bits per heavy atom. The van der Waals surface area contributed by atoms with E-state index in [2.05, 4.69) is 25.5 Å².